The van der Waals surface area contributed by atoms with E-state index in [0.29, 0.717) is 0 Å². The number of benzene rings is 2. The molecule has 0 unspecified atom stereocenters. The summed E-state index contributed by atoms with van der Waals surface area (Å²) in [6, 6.07) is 10.7. The maximum Gasteiger partial charge on any atom is 0.152 e. The smallest absolute Gasteiger partial charge is 0.152 e. The number of hydrogen-bond acceptors (Lipinski definition) is 2. The highest BCUT2D eigenvalue weighted by Gasteiger charge is 2.38. The SMILES string of the molecule is C=C/C=C(\C=C/CC)/C=N/c1ccc2c(c1OC)-c1cc(Br)ccc1C2(C)C. The third kappa shape index (κ3) is 3.64. The Balaban J connectivity index is 2.15. The molecule has 0 amide bonds. The molecule has 1 aliphatic rings. The van der Waals surface area contributed by atoms with Gasteiger partial charge in [0, 0.05) is 21.7 Å². The summed E-state index contributed by atoms with van der Waals surface area (Å²) in [6.45, 7) is 10.4. The van der Waals surface area contributed by atoms with E-state index >= 15 is 0 Å². The molecule has 0 aliphatic heterocycles. The zero-order valence-corrected chi connectivity index (χ0v) is 18.5. The average molecular weight is 436 g/mol. The number of aliphatic imine (C=N–C) groups is 1. The van der Waals surface area contributed by atoms with Crippen molar-refractivity contribution in [2.24, 2.45) is 4.99 Å². The number of rotatable bonds is 6. The molecule has 1 aliphatic carbocycles. The van der Waals surface area contributed by atoms with Crippen molar-refractivity contribution >= 4 is 27.8 Å². The maximum absolute atomic E-state index is 5.86. The van der Waals surface area contributed by atoms with E-state index in [4.69, 9.17) is 9.73 Å². The van der Waals surface area contributed by atoms with Gasteiger partial charge in [0.1, 0.15) is 5.69 Å². The highest BCUT2D eigenvalue weighted by Crippen LogP contribution is 2.55. The molecule has 0 spiro atoms. The van der Waals surface area contributed by atoms with Crippen LogP contribution in [0.25, 0.3) is 11.1 Å². The van der Waals surface area contributed by atoms with Gasteiger partial charge in [-0.05, 0) is 46.9 Å². The minimum absolute atomic E-state index is 0.0708. The van der Waals surface area contributed by atoms with Crippen molar-refractivity contribution in [3.05, 3.63) is 82.4 Å². The molecule has 0 heterocycles. The molecular formula is C25H26BrNO. The number of nitrogens with zero attached hydrogens (tertiary/aromatic N) is 1. The molecule has 0 fully saturated rings. The van der Waals surface area contributed by atoms with E-state index in [1.165, 1.54) is 16.7 Å². The van der Waals surface area contributed by atoms with Crippen LogP contribution in [0.4, 0.5) is 5.69 Å². The van der Waals surface area contributed by atoms with Crippen LogP contribution in [0.3, 0.4) is 0 Å². The van der Waals surface area contributed by atoms with Crippen LogP contribution in [0.2, 0.25) is 0 Å². The normalized spacial score (nSPS) is 15.1. The van der Waals surface area contributed by atoms with Crippen molar-refractivity contribution in [3.8, 4) is 16.9 Å². The molecule has 28 heavy (non-hydrogen) atoms. The summed E-state index contributed by atoms with van der Waals surface area (Å²) >= 11 is 3.62. The van der Waals surface area contributed by atoms with Gasteiger partial charge >= 0.3 is 0 Å². The van der Waals surface area contributed by atoms with Crippen LogP contribution in [0.1, 0.15) is 38.3 Å². The first kappa shape index (κ1) is 20.3. The lowest BCUT2D eigenvalue weighted by Gasteiger charge is -2.21. The third-order valence-corrected chi connectivity index (χ3v) is 5.64. The number of hydrogen-bond donors (Lipinski definition) is 0. The van der Waals surface area contributed by atoms with Gasteiger partial charge < -0.3 is 4.74 Å². The van der Waals surface area contributed by atoms with Crippen molar-refractivity contribution in [3.63, 3.8) is 0 Å². The minimum atomic E-state index is -0.0708. The summed E-state index contributed by atoms with van der Waals surface area (Å²) < 4.78 is 6.93. The highest BCUT2D eigenvalue weighted by atomic mass is 79.9. The zero-order valence-electron chi connectivity index (χ0n) is 16.9. The molecule has 0 N–H and O–H groups in total. The summed E-state index contributed by atoms with van der Waals surface area (Å²) in [6.07, 6.45) is 10.7. The molecule has 0 saturated carbocycles. The lowest BCUT2D eigenvalue weighted by Crippen LogP contribution is -2.14. The molecule has 2 aromatic carbocycles. The Morgan fingerprint density at radius 2 is 1.96 bits per heavy atom. The second-order valence-electron chi connectivity index (χ2n) is 7.33. The van der Waals surface area contributed by atoms with Gasteiger partial charge in [-0.2, -0.15) is 0 Å². The largest absolute Gasteiger partial charge is 0.494 e. The van der Waals surface area contributed by atoms with Crippen LogP contribution in [-0.2, 0) is 5.41 Å². The predicted octanol–water partition coefficient (Wildman–Crippen LogP) is 7.54. The van der Waals surface area contributed by atoms with Crippen molar-refractivity contribution in [1.82, 2.24) is 0 Å². The van der Waals surface area contributed by atoms with E-state index in [9.17, 15) is 0 Å². The fourth-order valence-corrected chi connectivity index (χ4v) is 4.12. The number of methoxy groups -OCH3 is 1. The molecule has 0 atom stereocenters. The molecule has 3 heteroatoms. The van der Waals surface area contributed by atoms with Crippen LogP contribution >= 0.6 is 15.9 Å². The minimum Gasteiger partial charge on any atom is -0.494 e. The summed E-state index contributed by atoms with van der Waals surface area (Å²) in [5, 5.41) is 0. The van der Waals surface area contributed by atoms with Gasteiger partial charge in [0.2, 0.25) is 0 Å². The van der Waals surface area contributed by atoms with E-state index < -0.39 is 0 Å². The van der Waals surface area contributed by atoms with E-state index in [2.05, 4.69) is 79.7 Å². The molecule has 2 aromatic rings. The summed E-state index contributed by atoms with van der Waals surface area (Å²) in [7, 11) is 1.72. The lowest BCUT2D eigenvalue weighted by molar-refractivity contribution is 0.417. The summed E-state index contributed by atoms with van der Waals surface area (Å²) in [4.78, 5) is 4.74. The Hall–Kier alpha value is -2.39. The number of halogens is 1. The van der Waals surface area contributed by atoms with E-state index in [0.717, 1.165) is 33.5 Å². The molecule has 0 radical (unpaired) electrons. The molecule has 144 valence electrons. The van der Waals surface area contributed by atoms with Crippen LogP contribution in [-0.4, -0.2) is 13.3 Å². The maximum atomic E-state index is 5.86. The Kier molecular flexibility index (Phi) is 6.04. The second-order valence-corrected chi connectivity index (χ2v) is 8.24. The van der Waals surface area contributed by atoms with Crippen molar-refractivity contribution in [2.45, 2.75) is 32.6 Å². The molecule has 3 rings (SSSR count). The van der Waals surface area contributed by atoms with Crippen LogP contribution in [0.5, 0.6) is 5.75 Å². The summed E-state index contributed by atoms with van der Waals surface area (Å²) in [5.74, 6) is 0.816. The van der Waals surface area contributed by atoms with Gasteiger partial charge in [0.05, 0.1) is 7.11 Å². The highest BCUT2D eigenvalue weighted by molar-refractivity contribution is 9.10. The fraction of sp³-hybridized carbons (Fsp3) is 0.240. The van der Waals surface area contributed by atoms with Gasteiger partial charge in [-0.3, -0.25) is 4.99 Å². The molecule has 0 bridgehead atoms. The second kappa shape index (κ2) is 8.32. The Morgan fingerprint density at radius 3 is 2.64 bits per heavy atom. The fourth-order valence-electron chi connectivity index (χ4n) is 3.76. The van der Waals surface area contributed by atoms with Gasteiger partial charge in [0.25, 0.3) is 0 Å². The molecule has 0 saturated heterocycles. The molecule has 0 aromatic heterocycles. The van der Waals surface area contributed by atoms with Gasteiger partial charge in [-0.25, -0.2) is 0 Å². The quantitative estimate of drug-likeness (QED) is 0.339. The standard InChI is InChI=1S/C25H26BrNO/c1-6-8-10-17(9-7-2)16-27-22-14-13-21-23(24(22)28-5)19-15-18(26)11-12-20(19)25(21,3)4/h7-16H,2,6H2,1,3-5H3/b10-8-,17-9+,27-16+. The topological polar surface area (TPSA) is 21.6 Å². The monoisotopic (exact) mass is 435 g/mol. The van der Waals surface area contributed by atoms with Crippen LogP contribution in [0.15, 0.2) is 76.3 Å². The Labute approximate surface area is 176 Å². The van der Waals surface area contributed by atoms with Crippen LogP contribution < -0.4 is 4.74 Å². The van der Waals surface area contributed by atoms with Gasteiger partial charge in [0.15, 0.2) is 5.75 Å². The van der Waals surface area contributed by atoms with E-state index in [-0.39, 0.29) is 5.41 Å². The van der Waals surface area contributed by atoms with Crippen molar-refractivity contribution < 1.29 is 4.74 Å². The first-order valence-electron chi connectivity index (χ1n) is 9.49. The number of ether oxygens (including phenoxy) is 1. The molecule has 2 nitrogen and oxygen atoms in total. The zero-order chi connectivity index (χ0) is 20.3. The number of fused-ring (bicyclic) bond motifs is 3. The van der Waals surface area contributed by atoms with E-state index in [1.54, 1.807) is 13.2 Å². The Morgan fingerprint density at radius 1 is 1.21 bits per heavy atom. The van der Waals surface area contributed by atoms with Gasteiger partial charge in [-0.15, -0.1) is 0 Å². The van der Waals surface area contributed by atoms with Crippen LogP contribution in [0, 0.1) is 0 Å². The number of allylic oxidation sites excluding steroid dienone is 5. The van der Waals surface area contributed by atoms with Crippen molar-refractivity contribution in [1.29, 1.82) is 0 Å². The molecular weight excluding hydrogens is 410 g/mol. The first-order chi connectivity index (χ1) is 13.4. The first-order valence-corrected chi connectivity index (χ1v) is 10.3. The lowest BCUT2D eigenvalue weighted by atomic mass is 9.82. The Bertz CT molecular complexity index is 996. The van der Waals surface area contributed by atoms with Crippen molar-refractivity contribution in [2.75, 3.05) is 7.11 Å². The van der Waals surface area contributed by atoms with Gasteiger partial charge in [-0.1, -0.05) is 79.7 Å². The predicted molar refractivity (Wildman–Crippen MR) is 124 cm³/mol. The summed E-state index contributed by atoms with van der Waals surface area (Å²) in [5.41, 5.74) is 6.67. The van der Waals surface area contributed by atoms with E-state index in [1.807, 2.05) is 18.4 Å². The average Bonchev–Trinajstić information content (AvgIpc) is 2.90. The third-order valence-electron chi connectivity index (χ3n) is 5.15.